The number of hydrogen-bond donors (Lipinski definition) is 1. The summed E-state index contributed by atoms with van der Waals surface area (Å²) in [4.78, 5) is 43.7. The maximum absolute atomic E-state index is 13.3. The summed E-state index contributed by atoms with van der Waals surface area (Å²) < 4.78 is 44.5. The van der Waals surface area contributed by atoms with Gasteiger partial charge in [0, 0.05) is 18.7 Å². The second-order valence-corrected chi connectivity index (χ2v) is 10.1. The third-order valence-electron chi connectivity index (χ3n) is 6.09. The molecule has 1 aliphatic heterocycles. The molecule has 0 aliphatic carbocycles. The van der Waals surface area contributed by atoms with E-state index in [4.69, 9.17) is 0 Å². The number of amidine groups is 1. The van der Waals surface area contributed by atoms with Crippen molar-refractivity contribution < 1.29 is 32.3 Å². The Labute approximate surface area is 233 Å². The first kappa shape index (κ1) is 28.9. The fourth-order valence-corrected chi connectivity index (χ4v) is 5.16. The molecule has 1 fully saturated rings. The maximum Gasteiger partial charge on any atom is 0.416 e. The largest absolute Gasteiger partial charge is 0.465 e. The number of anilines is 1. The number of nitrogens with one attached hydrogen (secondary N) is 1. The molecule has 1 N–H and O–H groups in total. The van der Waals surface area contributed by atoms with Crippen LogP contribution in [0.2, 0.25) is 0 Å². The van der Waals surface area contributed by atoms with Crippen molar-refractivity contribution in [2.75, 3.05) is 19.0 Å². The van der Waals surface area contributed by atoms with Crippen molar-refractivity contribution in [2.24, 2.45) is 4.99 Å². The van der Waals surface area contributed by atoms with E-state index in [-0.39, 0.29) is 23.2 Å². The molecule has 40 heavy (non-hydrogen) atoms. The standard InChI is InChI=1S/C29H26F3N3O4S/c1-39-27(38)20-12-14-22(15-13-20)33-26(37)24-18-25(36)35(16-6-9-19-7-3-2-4-8-19)28(40-24)34-23-11-5-10-21(17-23)29(30,31)32/h2-5,7-8,10-15,17,24H,6,9,16,18H2,1H3,(H,33,37). The van der Waals surface area contributed by atoms with Crippen LogP contribution in [0, 0.1) is 0 Å². The van der Waals surface area contributed by atoms with Crippen molar-refractivity contribution >= 4 is 46.1 Å². The van der Waals surface area contributed by atoms with E-state index in [1.54, 1.807) is 0 Å². The van der Waals surface area contributed by atoms with Gasteiger partial charge < -0.3 is 10.1 Å². The summed E-state index contributed by atoms with van der Waals surface area (Å²) >= 11 is 1.02. The first-order chi connectivity index (χ1) is 19.1. The second kappa shape index (κ2) is 12.8. The SMILES string of the molecule is COC(=O)c1ccc(NC(=O)C2CC(=O)N(CCCc3ccccc3)C(=Nc3cccc(C(F)(F)F)c3)S2)cc1. The van der Waals surface area contributed by atoms with Gasteiger partial charge in [0.2, 0.25) is 11.8 Å². The Hall–Kier alpha value is -4.12. The summed E-state index contributed by atoms with van der Waals surface area (Å²) in [6.07, 6.45) is -3.37. The van der Waals surface area contributed by atoms with Gasteiger partial charge in [0.05, 0.1) is 23.9 Å². The number of esters is 1. The number of hydrogen-bond acceptors (Lipinski definition) is 6. The van der Waals surface area contributed by atoms with E-state index >= 15 is 0 Å². The van der Waals surface area contributed by atoms with Crippen molar-refractivity contribution in [3.05, 3.63) is 95.6 Å². The number of thioether (sulfide) groups is 1. The van der Waals surface area contributed by atoms with Gasteiger partial charge in [-0.15, -0.1) is 0 Å². The molecule has 3 aromatic carbocycles. The number of aryl methyl sites for hydroxylation is 1. The van der Waals surface area contributed by atoms with Crippen LogP contribution in [0.1, 0.15) is 34.3 Å². The van der Waals surface area contributed by atoms with Gasteiger partial charge in [0.15, 0.2) is 5.17 Å². The molecule has 1 aliphatic rings. The maximum atomic E-state index is 13.3. The van der Waals surface area contributed by atoms with Gasteiger partial charge in [-0.25, -0.2) is 9.79 Å². The molecular weight excluding hydrogens is 543 g/mol. The molecule has 0 radical (unpaired) electrons. The highest BCUT2D eigenvalue weighted by atomic mass is 32.2. The molecule has 4 rings (SSSR count). The van der Waals surface area contributed by atoms with Crippen LogP contribution in [0.3, 0.4) is 0 Å². The zero-order chi connectivity index (χ0) is 28.7. The van der Waals surface area contributed by atoms with Crippen molar-refractivity contribution in [1.82, 2.24) is 4.90 Å². The number of carbonyl (C=O) groups is 3. The van der Waals surface area contributed by atoms with E-state index < -0.39 is 28.9 Å². The topological polar surface area (TPSA) is 88.1 Å². The molecule has 0 saturated carbocycles. The molecule has 11 heteroatoms. The Morgan fingerprint density at radius 1 is 1.05 bits per heavy atom. The number of benzene rings is 3. The molecule has 1 heterocycles. The molecule has 208 valence electrons. The van der Waals surface area contributed by atoms with Gasteiger partial charge in [0.25, 0.3) is 0 Å². The summed E-state index contributed by atoms with van der Waals surface area (Å²) in [6, 6.07) is 20.3. The Bertz CT molecular complexity index is 1400. The second-order valence-electron chi connectivity index (χ2n) is 8.95. The lowest BCUT2D eigenvalue weighted by atomic mass is 10.1. The van der Waals surface area contributed by atoms with Crippen LogP contribution in [0.4, 0.5) is 24.5 Å². The third-order valence-corrected chi connectivity index (χ3v) is 7.28. The lowest BCUT2D eigenvalue weighted by Crippen LogP contribution is -2.45. The van der Waals surface area contributed by atoms with Crippen LogP contribution < -0.4 is 5.32 Å². The summed E-state index contributed by atoms with van der Waals surface area (Å²) in [7, 11) is 1.26. The van der Waals surface area contributed by atoms with Gasteiger partial charge in [-0.1, -0.05) is 48.2 Å². The van der Waals surface area contributed by atoms with Crippen molar-refractivity contribution in [1.29, 1.82) is 0 Å². The quantitative estimate of drug-likeness (QED) is 0.332. The smallest absolute Gasteiger partial charge is 0.416 e. The monoisotopic (exact) mass is 569 g/mol. The predicted molar refractivity (Wildman–Crippen MR) is 147 cm³/mol. The molecule has 0 spiro atoms. The predicted octanol–water partition coefficient (Wildman–Crippen LogP) is 6.09. The summed E-state index contributed by atoms with van der Waals surface area (Å²) in [5, 5.41) is 2.02. The molecule has 0 bridgehead atoms. The van der Waals surface area contributed by atoms with Gasteiger partial charge in [-0.2, -0.15) is 13.2 Å². The number of ether oxygens (including phenoxy) is 1. The number of alkyl halides is 3. The van der Waals surface area contributed by atoms with Crippen molar-refractivity contribution in [3.63, 3.8) is 0 Å². The number of aliphatic imine (C=N–C) groups is 1. The number of carbonyl (C=O) groups excluding carboxylic acids is 3. The van der Waals surface area contributed by atoms with E-state index in [2.05, 4.69) is 15.0 Å². The first-order valence-electron chi connectivity index (χ1n) is 12.4. The van der Waals surface area contributed by atoms with Crippen molar-refractivity contribution in [3.8, 4) is 0 Å². The van der Waals surface area contributed by atoms with Crippen LogP contribution in [0.15, 0.2) is 83.9 Å². The van der Waals surface area contributed by atoms with Crippen molar-refractivity contribution in [2.45, 2.75) is 30.7 Å². The van der Waals surface area contributed by atoms with Crippen LogP contribution in [0.5, 0.6) is 0 Å². The van der Waals surface area contributed by atoms with E-state index in [1.807, 2.05) is 30.3 Å². The van der Waals surface area contributed by atoms with Crippen LogP contribution in [-0.4, -0.2) is 46.8 Å². The molecule has 1 atom stereocenters. The number of methoxy groups -OCH3 is 1. The minimum absolute atomic E-state index is 0.0256. The molecule has 3 aromatic rings. The zero-order valence-electron chi connectivity index (χ0n) is 21.5. The van der Waals surface area contributed by atoms with E-state index in [1.165, 1.54) is 48.4 Å². The lowest BCUT2D eigenvalue weighted by Gasteiger charge is -2.32. The van der Waals surface area contributed by atoms with E-state index in [0.29, 0.717) is 30.6 Å². The molecule has 2 amide bonds. The van der Waals surface area contributed by atoms with E-state index in [9.17, 15) is 27.6 Å². The molecule has 7 nitrogen and oxygen atoms in total. The molecule has 1 saturated heterocycles. The highest BCUT2D eigenvalue weighted by molar-refractivity contribution is 8.15. The number of amides is 2. The summed E-state index contributed by atoms with van der Waals surface area (Å²) in [6.45, 7) is 0.294. The summed E-state index contributed by atoms with van der Waals surface area (Å²) in [5.74, 6) is -1.34. The zero-order valence-corrected chi connectivity index (χ0v) is 22.3. The summed E-state index contributed by atoms with van der Waals surface area (Å²) in [5.41, 5.74) is 0.975. The fraction of sp³-hybridized carbons (Fsp3) is 0.241. The highest BCUT2D eigenvalue weighted by Crippen LogP contribution is 2.34. The Morgan fingerprint density at radius 2 is 1.77 bits per heavy atom. The molecule has 0 aromatic heterocycles. The average molecular weight is 570 g/mol. The number of rotatable bonds is 8. The Balaban J connectivity index is 1.54. The lowest BCUT2D eigenvalue weighted by molar-refractivity contribution is -0.137. The fourth-order valence-electron chi connectivity index (χ4n) is 4.04. The first-order valence-corrected chi connectivity index (χ1v) is 13.3. The minimum atomic E-state index is -4.55. The minimum Gasteiger partial charge on any atom is -0.465 e. The van der Waals surface area contributed by atoms with Crippen LogP contribution in [0.25, 0.3) is 0 Å². The number of halogens is 3. The van der Waals surface area contributed by atoms with Crippen LogP contribution in [-0.2, 0) is 26.9 Å². The van der Waals surface area contributed by atoms with Gasteiger partial charge in [-0.05, 0) is 60.9 Å². The van der Waals surface area contributed by atoms with Crippen LogP contribution >= 0.6 is 11.8 Å². The Kier molecular flexibility index (Phi) is 9.26. The number of nitrogens with zero attached hydrogens (tertiary/aromatic N) is 2. The Morgan fingerprint density at radius 3 is 2.45 bits per heavy atom. The van der Waals surface area contributed by atoms with E-state index in [0.717, 1.165) is 29.5 Å². The molecule has 1 unspecified atom stereocenters. The average Bonchev–Trinajstić information content (AvgIpc) is 2.94. The molecular formula is C29H26F3N3O4S. The van der Waals surface area contributed by atoms with Gasteiger partial charge >= 0.3 is 12.1 Å². The third kappa shape index (κ3) is 7.50. The highest BCUT2D eigenvalue weighted by Gasteiger charge is 2.36. The van der Waals surface area contributed by atoms with Gasteiger partial charge in [0.1, 0.15) is 5.25 Å². The van der Waals surface area contributed by atoms with Gasteiger partial charge in [-0.3, -0.25) is 14.5 Å². The normalized spacial score (nSPS) is 16.6.